The first-order valence-electron chi connectivity index (χ1n) is 10.7. The quantitative estimate of drug-likeness (QED) is 0.453. The number of amides is 3. The number of anilines is 1. The minimum atomic E-state index is -4.47. The third-order valence-electron chi connectivity index (χ3n) is 5.37. The van der Waals surface area contributed by atoms with Crippen molar-refractivity contribution in [2.75, 3.05) is 11.9 Å². The van der Waals surface area contributed by atoms with Gasteiger partial charge in [-0.25, -0.2) is 9.18 Å². The molecule has 1 heterocycles. The van der Waals surface area contributed by atoms with Gasteiger partial charge in [0.05, 0.1) is 30.7 Å². The van der Waals surface area contributed by atoms with E-state index in [-0.39, 0.29) is 24.6 Å². The van der Waals surface area contributed by atoms with Crippen LogP contribution in [0.5, 0.6) is 0 Å². The zero-order valence-electron chi connectivity index (χ0n) is 18.1. The monoisotopic (exact) mass is 483 g/mol. The second-order valence-electron chi connectivity index (χ2n) is 7.95. The molecular formula is C23H25F4N3O4. The summed E-state index contributed by atoms with van der Waals surface area (Å²) in [6.45, 7) is -0.228. The van der Waals surface area contributed by atoms with Gasteiger partial charge < -0.3 is 25.8 Å². The Bertz CT molecular complexity index is 985. The van der Waals surface area contributed by atoms with E-state index in [4.69, 9.17) is 4.74 Å². The van der Waals surface area contributed by atoms with Crippen molar-refractivity contribution in [2.24, 2.45) is 0 Å². The summed E-state index contributed by atoms with van der Waals surface area (Å²) in [6.07, 6.45) is -4.80. The van der Waals surface area contributed by atoms with Gasteiger partial charge in [-0.3, -0.25) is 4.79 Å². The largest absolute Gasteiger partial charge is 0.416 e. The highest BCUT2D eigenvalue weighted by atomic mass is 19.4. The molecule has 7 nitrogen and oxygen atoms in total. The molecule has 184 valence electrons. The number of ether oxygens (including phenoxy) is 1. The predicted octanol–water partition coefficient (Wildman–Crippen LogP) is 3.58. The third kappa shape index (κ3) is 7.42. The molecule has 0 aliphatic carbocycles. The Hall–Kier alpha value is -3.18. The molecule has 1 saturated heterocycles. The lowest BCUT2D eigenvalue weighted by molar-refractivity contribution is -0.137. The Morgan fingerprint density at radius 2 is 1.82 bits per heavy atom. The summed E-state index contributed by atoms with van der Waals surface area (Å²) in [6, 6.07) is 8.67. The van der Waals surface area contributed by atoms with Crippen LogP contribution in [0.2, 0.25) is 0 Å². The van der Waals surface area contributed by atoms with E-state index >= 15 is 0 Å². The van der Waals surface area contributed by atoms with E-state index in [0.29, 0.717) is 18.4 Å². The fourth-order valence-corrected chi connectivity index (χ4v) is 3.65. The molecule has 2 aromatic rings. The predicted molar refractivity (Wildman–Crippen MR) is 115 cm³/mol. The van der Waals surface area contributed by atoms with Gasteiger partial charge in [-0.2, -0.15) is 13.2 Å². The number of hydrogen-bond donors (Lipinski definition) is 4. The molecule has 0 spiro atoms. The number of aliphatic hydroxyl groups excluding tert-OH is 1. The van der Waals surface area contributed by atoms with Crippen molar-refractivity contribution in [3.05, 3.63) is 65.5 Å². The van der Waals surface area contributed by atoms with Gasteiger partial charge in [0.25, 0.3) is 0 Å². The molecule has 1 aliphatic rings. The van der Waals surface area contributed by atoms with Gasteiger partial charge in [-0.1, -0.05) is 12.1 Å². The number of rotatable bonds is 7. The summed E-state index contributed by atoms with van der Waals surface area (Å²) in [5, 5.41) is 17.4. The molecule has 0 bridgehead atoms. The molecule has 3 rings (SSSR count). The Morgan fingerprint density at radius 1 is 1.09 bits per heavy atom. The first kappa shape index (κ1) is 25.4. The highest BCUT2D eigenvalue weighted by Crippen LogP contribution is 2.30. The first-order valence-corrected chi connectivity index (χ1v) is 10.7. The van der Waals surface area contributed by atoms with Gasteiger partial charge in [0, 0.05) is 12.2 Å². The Morgan fingerprint density at radius 3 is 2.47 bits per heavy atom. The fourth-order valence-electron chi connectivity index (χ4n) is 3.65. The maximum atomic E-state index is 13.2. The normalized spacial score (nSPS) is 20.4. The second kappa shape index (κ2) is 11.3. The number of aliphatic hydroxyl groups is 1. The summed E-state index contributed by atoms with van der Waals surface area (Å²) in [5.74, 6) is -0.688. The van der Waals surface area contributed by atoms with Crippen molar-refractivity contribution in [3.8, 4) is 0 Å². The first-order chi connectivity index (χ1) is 16.1. The SMILES string of the molecule is O=C(C[C@H]1CC[C@H](NC(=O)Nc2ccc(C(F)(F)F)cc2)[C@H](CO)O1)NCc1cccc(F)c1. The van der Waals surface area contributed by atoms with E-state index in [9.17, 15) is 32.3 Å². The molecule has 11 heteroatoms. The van der Waals surface area contributed by atoms with Crippen LogP contribution >= 0.6 is 0 Å². The summed E-state index contributed by atoms with van der Waals surface area (Å²) < 4.78 is 56.9. The van der Waals surface area contributed by atoms with Crippen molar-refractivity contribution in [2.45, 2.75) is 50.2 Å². The van der Waals surface area contributed by atoms with Crippen LogP contribution < -0.4 is 16.0 Å². The molecule has 0 saturated carbocycles. The van der Waals surface area contributed by atoms with E-state index in [0.717, 1.165) is 24.3 Å². The second-order valence-corrected chi connectivity index (χ2v) is 7.95. The van der Waals surface area contributed by atoms with Crippen molar-refractivity contribution in [1.29, 1.82) is 0 Å². The third-order valence-corrected chi connectivity index (χ3v) is 5.37. The lowest BCUT2D eigenvalue weighted by atomic mass is 9.97. The Balaban J connectivity index is 1.45. The number of carbonyl (C=O) groups is 2. The van der Waals surface area contributed by atoms with E-state index in [1.165, 1.54) is 12.1 Å². The number of benzene rings is 2. The average molecular weight is 483 g/mol. The molecular weight excluding hydrogens is 458 g/mol. The van der Waals surface area contributed by atoms with E-state index in [1.54, 1.807) is 12.1 Å². The molecule has 0 aromatic heterocycles. The molecule has 1 aliphatic heterocycles. The van der Waals surface area contributed by atoms with Gasteiger partial charge in [-0.15, -0.1) is 0 Å². The van der Waals surface area contributed by atoms with Crippen LogP contribution in [-0.2, 0) is 22.3 Å². The number of alkyl halides is 3. The van der Waals surface area contributed by atoms with Crippen LogP contribution in [0.1, 0.15) is 30.4 Å². The molecule has 0 unspecified atom stereocenters. The molecule has 34 heavy (non-hydrogen) atoms. The number of urea groups is 1. The van der Waals surface area contributed by atoms with Crippen LogP contribution in [0.25, 0.3) is 0 Å². The van der Waals surface area contributed by atoms with Gasteiger partial charge >= 0.3 is 12.2 Å². The summed E-state index contributed by atoms with van der Waals surface area (Å²) in [7, 11) is 0. The van der Waals surface area contributed by atoms with Crippen LogP contribution in [0.15, 0.2) is 48.5 Å². The number of nitrogens with one attached hydrogen (secondary N) is 3. The molecule has 3 atom stereocenters. The van der Waals surface area contributed by atoms with Gasteiger partial charge in [0.15, 0.2) is 0 Å². The molecule has 2 aromatic carbocycles. The van der Waals surface area contributed by atoms with Crippen LogP contribution in [0.3, 0.4) is 0 Å². The smallest absolute Gasteiger partial charge is 0.394 e. The lowest BCUT2D eigenvalue weighted by Gasteiger charge is -2.35. The topological polar surface area (TPSA) is 99.7 Å². The molecule has 3 amide bonds. The zero-order valence-corrected chi connectivity index (χ0v) is 18.1. The van der Waals surface area contributed by atoms with Gasteiger partial charge in [0.2, 0.25) is 5.91 Å². The summed E-state index contributed by atoms with van der Waals surface area (Å²) in [4.78, 5) is 24.5. The minimum Gasteiger partial charge on any atom is -0.394 e. The highest BCUT2D eigenvalue weighted by molar-refractivity contribution is 5.89. The van der Waals surface area contributed by atoms with Crippen molar-refractivity contribution < 1.29 is 37.0 Å². The maximum Gasteiger partial charge on any atom is 0.416 e. The van der Waals surface area contributed by atoms with Crippen LogP contribution in [0.4, 0.5) is 28.0 Å². The zero-order chi connectivity index (χ0) is 24.7. The standard InChI is InChI=1S/C23H25F4N3O4/c24-16-3-1-2-14(10-16)12-28-21(32)11-18-8-9-19(20(13-31)34-18)30-22(33)29-17-6-4-15(5-7-17)23(25,26)27/h1-7,10,18-20,31H,8-9,11-13H2,(H,28,32)(H2,29,30,33)/t18-,19+,20+/m1/s1. The molecule has 4 N–H and O–H groups in total. The number of halogens is 4. The lowest BCUT2D eigenvalue weighted by Crippen LogP contribution is -2.52. The fraction of sp³-hybridized carbons (Fsp3) is 0.391. The molecule has 1 fully saturated rings. The van der Waals surface area contributed by atoms with Gasteiger partial charge in [-0.05, 0) is 54.8 Å². The Kier molecular flexibility index (Phi) is 8.46. The van der Waals surface area contributed by atoms with E-state index in [1.807, 2.05) is 0 Å². The van der Waals surface area contributed by atoms with Crippen molar-refractivity contribution >= 4 is 17.6 Å². The van der Waals surface area contributed by atoms with Crippen LogP contribution in [-0.4, -0.2) is 41.9 Å². The van der Waals surface area contributed by atoms with E-state index in [2.05, 4.69) is 16.0 Å². The maximum absolute atomic E-state index is 13.2. The summed E-state index contributed by atoms with van der Waals surface area (Å²) >= 11 is 0. The van der Waals surface area contributed by atoms with Crippen LogP contribution in [0, 0.1) is 5.82 Å². The minimum absolute atomic E-state index is 0.0380. The van der Waals surface area contributed by atoms with Crippen molar-refractivity contribution in [3.63, 3.8) is 0 Å². The van der Waals surface area contributed by atoms with Crippen molar-refractivity contribution in [1.82, 2.24) is 10.6 Å². The van der Waals surface area contributed by atoms with Gasteiger partial charge in [0.1, 0.15) is 11.9 Å². The summed E-state index contributed by atoms with van der Waals surface area (Å²) in [5.41, 5.74) is -0.0319. The Labute approximate surface area is 193 Å². The number of carbonyl (C=O) groups excluding carboxylic acids is 2. The highest BCUT2D eigenvalue weighted by Gasteiger charge is 2.33. The molecule has 0 radical (unpaired) electrons. The average Bonchev–Trinajstić information content (AvgIpc) is 2.78. The number of hydrogen-bond acceptors (Lipinski definition) is 4. The van der Waals surface area contributed by atoms with E-state index < -0.39 is 48.4 Å².